The highest BCUT2D eigenvalue weighted by Gasteiger charge is 2.40. The number of hydrogen-bond donors (Lipinski definition) is 1. The lowest BCUT2D eigenvalue weighted by Crippen LogP contribution is -2.34. The Kier molecular flexibility index (Phi) is 3.36. The maximum absolute atomic E-state index is 13.3. The molecule has 122 valence electrons. The van der Waals surface area contributed by atoms with Gasteiger partial charge in [0.25, 0.3) is 0 Å². The van der Waals surface area contributed by atoms with Crippen LogP contribution >= 0.6 is 0 Å². The van der Waals surface area contributed by atoms with Gasteiger partial charge in [-0.25, -0.2) is 9.18 Å². The molecule has 2 unspecified atom stereocenters. The molecule has 0 spiro atoms. The molecule has 1 aromatic heterocycles. The Balaban J connectivity index is 2.06. The third kappa shape index (κ3) is 2.29. The van der Waals surface area contributed by atoms with E-state index in [2.05, 4.69) is 0 Å². The van der Waals surface area contributed by atoms with Crippen molar-refractivity contribution in [2.24, 2.45) is 5.92 Å². The van der Waals surface area contributed by atoms with Gasteiger partial charge in [0.2, 0.25) is 5.90 Å². The van der Waals surface area contributed by atoms with Gasteiger partial charge in [0.15, 0.2) is 5.75 Å². The topological polar surface area (TPSA) is 87.1 Å². The minimum absolute atomic E-state index is 0.174. The van der Waals surface area contributed by atoms with Crippen LogP contribution in [0.5, 0.6) is 5.75 Å². The lowest BCUT2D eigenvalue weighted by molar-refractivity contribution is 0.431. The first-order valence-corrected chi connectivity index (χ1v) is 7.57. The van der Waals surface area contributed by atoms with E-state index in [1.54, 1.807) is 24.3 Å². The van der Waals surface area contributed by atoms with Crippen LogP contribution in [0, 0.1) is 28.5 Å². The summed E-state index contributed by atoms with van der Waals surface area (Å²) in [5.74, 6) is -2.22. The van der Waals surface area contributed by atoms with Crippen molar-refractivity contribution in [3.8, 4) is 11.8 Å². The van der Waals surface area contributed by atoms with E-state index in [0.717, 1.165) is 0 Å². The number of fused-ring (bicyclic) bond motifs is 3. The Morgan fingerprint density at radius 3 is 2.56 bits per heavy atom. The second-order valence-corrected chi connectivity index (χ2v) is 5.73. The highest BCUT2D eigenvalue weighted by molar-refractivity contribution is 5.92. The van der Waals surface area contributed by atoms with Gasteiger partial charge in [-0.05, 0) is 29.8 Å². The Labute approximate surface area is 141 Å². The Morgan fingerprint density at radius 1 is 1.12 bits per heavy atom. The molecule has 4 rings (SSSR count). The van der Waals surface area contributed by atoms with Crippen LogP contribution in [0.15, 0.2) is 57.7 Å². The molecule has 0 saturated heterocycles. The Morgan fingerprint density at radius 2 is 1.84 bits per heavy atom. The van der Waals surface area contributed by atoms with E-state index >= 15 is 0 Å². The van der Waals surface area contributed by atoms with Crippen molar-refractivity contribution >= 4 is 16.9 Å². The summed E-state index contributed by atoms with van der Waals surface area (Å²) in [5.41, 5.74) is 0.431. The molecule has 0 bridgehead atoms. The van der Waals surface area contributed by atoms with Crippen LogP contribution in [0.2, 0.25) is 0 Å². The van der Waals surface area contributed by atoms with E-state index < -0.39 is 23.3 Å². The summed E-state index contributed by atoms with van der Waals surface area (Å²) in [6.45, 7) is 0. The average molecular weight is 334 g/mol. The fraction of sp³-hybridized carbons (Fsp3) is 0.105. The van der Waals surface area contributed by atoms with E-state index in [1.807, 2.05) is 6.07 Å². The molecular weight excluding hydrogens is 323 g/mol. The van der Waals surface area contributed by atoms with Gasteiger partial charge in [0.1, 0.15) is 17.3 Å². The van der Waals surface area contributed by atoms with Crippen molar-refractivity contribution < 1.29 is 13.5 Å². The van der Waals surface area contributed by atoms with Crippen LogP contribution in [0.4, 0.5) is 4.39 Å². The molecule has 1 aliphatic rings. The summed E-state index contributed by atoms with van der Waals surface area (Å²) < 4.78 is 24.2. The molecule has 2 atom stereocenters. The van der Waals surface area contributed by atoms with Crippen molar-refractivity contribution in [2.45, 2.75) is 5.92 Å². The van der Waals surface area contributed by atoms with E-state index in [0.29, 0.717) is 16.5 Å². The van der Waals surface area contributed by atoms with Crippen LogP contribution in [-0.4, -0.2) is 5.90 Å². The molecule has 1 N–H and O–H groups in total. The lowest BCUT2D eigenvalue weighted by atomic mass is 9.79. The molecule has 0 fully saturated rings. The molecule has 0 radical (unpaired) electrons. The SMILES string of the molecule is N#CC1C(=N)Oc2c(c(=O)oc3ccccc23)C1c1ccc(F)cc1. The summed E-state index contributed by atoms with van der Waals surface area (Å²) in [6, 6.07) is 14.4. The van der Waals surface area contributed by atoms with Crippen LogP contribution < -0.4 is 10.4 Å². The summed E-state index contributed by atoms with van der Waals surface area (Å²) >= 11 is 0. The largest absolute Gasteiger partial charge is 0.441 e. The monoisotopic (exact) mass is 334 g/mol. The predicted octanol–water partition coefficient (Wildman–Crippen LogP) is 3.57. The van der Waals surface area contributed by atoms with Gasteiger partial charge in [0.05, 0.1) is 17.0 Å². The van der Waals surface area contributed by atoms with Crippen LogP contribution in [0.3, 0.4) is 0 Å². The zero-order valence-electron chi connectivity index (χ0n) is 12.8. The summed E-state index contributed by atoms with van der Waals surface area (Å²) in [4.78, 5) is 12.6. The molecule has 3 aromatic rings. The Hall–Kier alpha value is -3.46. The smallest absolute Gasteiger partial charge is 0.343 e. The number of benzene rings is 2. The normalized spacial score (nSPS) is 19.1. The molecule has 2 heterocycles. The van der Waals surface area contributed by atoms with Crippen LogP contribution in [0.1, 0.15) is 17.0 Å². The maximum atomic E-state index is 13.3. The van der Waals surface area contributed by atoms with E-state index in [1.165, 1.54) is 24.3 Å². The summed E-state index contributed by atoms with van der Waals surface area (Å²) in [7, 11) is 0. The molecule has 0 aliphatic carbocycles. The average Bonchev–Trinajstić information content (AvgIpc) is 2.61. The molecule has 25 heavy (non-hydrogen) atoms. The zero-order chi connectivity index (χ0) is 17.6. The van der Waals surface area contributed by atoms with Gasteiger partial charge >= 0.3 is 5.63 Å². The zero-order valence-corrected chi connectivity index (χ0v) is 12.8. The number of nitrogens with zero attached hydrogens (tertiary/aromatic N) is 1. The molecule has 0 saturated carbocycles. The van der Waals surface area contributed by atoms with E-state index in [-0.39, 0.29) is 17.2 Å². The van der Waals surface area contributed by atoms with Gasteiger partial charge in [-0.3, -0.25) is 5.41 Å². The standard InChI is InChI=1S/C19H11FN2O3/c20-11-7-5-10(6-8-11)15-13(9-21)18(22)25-17-12-3-1-2-4-14(12)24-19(23)16(15)17/h1-8,13,15,22H. The minimum atomic E-state index is -0.998. The number of halogens is 1. The van der Waals surface area contributed by atoms with Crippen molar-refractivity contribution in [3.05, 3.63) is 75.9 Å². The number of ether oxygens (including phenoxy) is 1. The van der Waals surface area contributed by atoms with Gasteiger partial charge < -0.3 is 9.15 Å². The highest BCUT2D eigenvalue weighted by Crippen LogP contribution is 2.43. The molecular formula is C19H11FN2O3. The van der Waals surface area contributed by atoms with Crippen molar-refractivity contribution in [1.82, 2.24) is 0 Å². The second kappa shape index (κ2) is 5.56. The summed E-state index contributed by atoms with van der Waals surface area (Å²) in [6.07, 6.45) is 0. The van der Waals surface area contributed by atoms with E-state index in [9.17, 15) is 14.4 Å². The van der Waals surface area contributed by atoms with Gasteiger partial charge in [-0.15, -0.1) is 0 Å². The van der Waals surface area contributed by atoms with Gasteiger partial charge in [0, 0.05) is 5.92 Å². The molecule has 1 aliphatic heterocycles. The molecule has 0 amide bonds. The fourth-order valence-electron chi connectivity index (χ4n) is 3.17. The minimum Gasteiger partial charge on any atom is -0.441 e. The van der Waals surface area contributed by atoms with Gasteiger partial charge in [-0.1, -0.05) is 24.3 Å². The fourth-order valence-corrected chi connectivity index (χ4v) is 3.17. The summed E-state index contributed by atoms with van der Waals surface area (Å²) in [5, 5.41) is 18.1. The Bertz CT molecular complexity index is 1100. The predicted molar refractivity (Wildman–Crippen MR) is 88.2 cm³/mol. The first-order valence-electron chi connectivity index (χ1n) is 7.57. The maximum Gasteiger partial charge on any atom is 0.343 e. The van der Waals surface area contributed by atoms with E-state index in [4.69, 9.17) is 14.6 Å². The number of hydrogen-bond acceptors (Lipinski definition) is 5. The highest BCUT2D eigenvalue weighted by atomic mass is 19.1. The number of nitriles is 1. The molecule has 5 nitrogen and oxygen atoms in total. The van der Waals surface area contributed by atoms with Crippen molar-refractivity contribution in [1.29, 1.82) is 10.7 Å². The third-order valence-electron chi connectivity index (χ3n) is 4.31. The number of para-hydroxylation sites is 1. The lowest BCUT2D eigenvalue weighted by Gasteiger charge is -2.29. The van der Waals surface area contributed by atoms with Crippen LogP contribution in [0.25, 0.3) is 11.0 Å². The van der Waals surface area contributed by atoms with Crippen molar-refractivity contribution in [2.75, 3.05) is 0 Å². The van der Waals surface area contributed by atoms with Crippen LogP contribution in [-0.2, 0) is 0 Å². The second-order valence-electron chi connectivity index (χ2n) is 5.73. The quantitative estimate of drug-likeness (QED) is 0.689. The van der Waals surface area contributed by atoms with Crippen molar-refractivity contribution in [3.63, 3.8) is 0 Å². The van der Waals surface area contributed by atoms with Gasteiger partial charge in [-0.2, -0.15) is 5.26 Å². The number of rotatable bonds is 1. The third-order valence-corrected chi connectivity index (χ3v) is 4.31. The number of nitrogens with one attached hydrogen (secondary N) is 1. The molecule has 2 aromatic carbocycles. The first kappa shape index (κ1) is 15.1. The molecule has 6 heteroatoms. The first-order chi connectivity index (χ1) is 12.1.